The molecule has 0 aromatic carbocycles. The molecule has 1 aliphatic carbocycles. The van der Waals surface area contributed by atoms with Gasteiger partial charge in [-0.25, -0.2) is 0 Å². The normalized spacial score (nSPS) is 23.3. The van der Waals surface area contributed by atoms with Crippen molar-refractivity contribution in [3.05, 3.63) is 0 Å². The smallest absolute Gasteiger partial charge is 0.0121 e. The third-order valence-electron chi connectivity index (χ3n) is 3.90. The van der Waals surface area contributed by atoms with E-state index in [1.54, 1.807) is 0 Å². The average molecular weight is 183 g/mol. The molecule has 1 atom stereocenters. The highest BCUT2D eigenvalue weighted by atomic mass is 14.9. The van der Waals surface area contributed by atoms with Crippen molar-refractivity contribution in [3.63, 3.8) is 0 Å². The van der Waals surface area contributed by atoms with Crippen LogP contribution in [-0.4, -0.2) is 12.6 Å². The third-order valence-corrected chi connectivity index (χ3v) is 3.90. The molecular formula is C12H25N. The standard InChI is InChI=1S/C12H25N/c1-4-11(13-6-3)12(5-2)9-7-8-10-12/h11,13H,4-10H2,1-3H3. The lowest BCUT2D eigenvalue weighted by Crippen LogP contribution is -2.43. The van der Waals surface area contributed by atoms with Gasteiger partial charge in [0.15, 0.2) is 0 Å². The van der Waals surface area contributed by atoms with Gasteiger partial charge in [-0.1, -0.05) is 33.6 Å². The lowest BCUT2D eigenvalue weighted by Gasteiger charge is -2.37. The van der Waals surface area contributed by atoms with E-state index in [9.17, 15) is 0 Å². The minimum atomic E-state index is 0.644. The molecule has 0 spiro atoms. The van der Waals surface area contributed by atoms with Crippen LogP contribution in [0.1, 0.15) is 59.3 Å². The highest BCUT2D eigenvalue weighted by Crippen LogP contribution is 2.44. The molecule has 0 radical (unpaired) electrons. The van der Waals surface area contributed by atoms with Crippen LogP contribution >= 0.6 is 0 Å². The summed E-state index contributed by atoms with van der Waals surface area (Å²) in [7, 11) is 0. The lowest BCUT2D eigenvalue weighted by molar-refractivity contribution is 0.183. The molecular weight excluding hydrogens is 158 g/mol. The van der Waals surface area contributed by atoms with Gasteiger partial charge in [-0.05, 0) is 37.6 Å². The summed E-state index contributed by atoms with van der Waals surface area (Å²) in [6.07, 6.45) is 8.47. The second-order valence-corrected chi connectivity index (χ2v) is 4.44. The van der Waals surface area contributed by atoms with E-state index in [4.69, 9.17) is 0 Å². The van der Waals surface area contributed by atoms with Crippen molar-refractivity contribution < 1.29 is 0 Å². The molecule has 0 amide bonds. The Kier molecular flexibility index (Phi) is 4.24. The Hall–Kier alpha value is -0.0400. The number of nitrogens with one attached hydrogen (secondary N) is 1. The van der Waals surface area contributed by atoms with E-state index >= 15 is 0 Å². The number of rotatable bonds is 5. The molecule has 1 aliphatic rings. The predicted octanol–water partition coefficient (Wildman–Crippen LogP) is 3.34. The van der Waals surface area contributed by atoms with Crippen LogP contribution < -0.4 is 5.32 Å². The molecule has 1 unspecified atom stereocenters. The number of hydrogen-bond acceptors (Lipinski definition) is 1. The maximum atomic E-state index is 3.67. The van der Waals surface area contributed by atoms with Crippen molar-refractivity contribution >= 4 is 0 Å². The van der Waals surface area contributed by atoms with Crippen molar-refractivity contribution in [2.24, 2.45) is 5.41 Å². The molecule has 13 heavy (non-hydrogen) atoms. The highest BCUT2D eigenvalue weighted by Gasteiger charge is 2.37. The summed E-state index contributed by atoms with van der Waals surface area (Å²) >= 11 is 0. The fourth-order valence-electron chi connectivity index (χ4n) is 3.07. The monoisotopic (exact) mass is 183 g/mol. The zero-order valence-electron chi connectivity index (χ0n) is 9.53. The van der Waals surface area contributed by atoms with E-state index in [0.29, 0.717) is 5.41 Å². The second kappa shape index (κ2) is 4.99. The molecule has 0 heterocycles. The first-order valence-corrected chi connectivity index (χ1v) is 6.02. The Bertz CT molecular complexity index is 136. The van der Waals surface area contributed by atoms with E-state index in [1.807, 2.05) is 0 Å². The summed E-state index contributed by atoms with van der Waals surface area (Å²) < 4.78 is 0. The average Bonchev–Trinajstić information content (AvgIpc) is 2.63. The van der Waals surface area contributed by atoms with E-state index < -0.39 is 0 Å². The first-order chi connectivity index (χ1) is 6.29. The largest absolute Gasteiger partial charge is 0.314 e. The summed E-state index contributed by atoms with van der Waals surface area (Å²) in [4.78, 5) is 0. The van der Waals surface area contributed by atoms with E-state index in [2.05, 4.69) is 26.1 Å². The van der Waals surface area contributed by atoms with E-state index in [0.717, 1.165) is 12.6 Å². The zero-order chi connectivity index (χ0) is 9.73. The third kappa shape index (κ3) is 2.25. The van der Waals surface area contributed by atoms with Gasteiger partial charge in [0.2, 0.25) is 0 Å². The Labute approximate surface area is 83.3 Å². The van der Waals surface area contributed by atoms with Gasteiger partial charge >= 0.3 is 0 Å². The van der Waals surface area contributed by atoms with Crippen LogP contribution in [-0.2, 0) is 0 Å². The van der Waals surface area contributed by atoms with Gasteiger partial charge in [-0.15, -0.1) is 0 Å². The van der Waals surface area contributed by atoms with Gasteiger partial charge in [-0.2, -0.15) is 0 Å². The molecule has 1 heteroatoms. The predicted molar refractivity (Wildman–Crippen MR) is 58.9 cm³/mol. The lowest BCUT2D eigenvalue weighted by atomic mass is 9.75. The quantitative estimate of drug-likeness (QED) is 0.689. The van der Waals surface area contributed by atoms with Gasteiger partial charge in [0.1, 0.15) is 0 Å². The molecule has 1 nitrogen and oxygen atoms in total. The van der Waals surface area contributed by atoms with Crippen LogP contribution in [0.5, 0.6) is 0 Å². The van der Waals surface area contributed by atoms with Crippen molar-refractivity contribution in [3.8, 4) is 0 Å². The van der Waals surface area contributed by atoms with Gasteiger partial charge in [0, 0.05) is 6.04 Å². The van der Waals surface area contributed by atoms with Crippen molar-refractivity contribution in [1.29, 1.82) is 0 Å². The SMILES string of the molecule is CCNC(CC)C1(CC)CCCC1. The van der Waals surface area contributed by atoms with Gasteiger partial charge in [0.25, 0.3) is 0 Å². The molecule has 0 bridgehead atoms. The molecule has 1 saturated carbocycles. The number of hydrogen-bond donors (Lipinski definition) is 1. The fraction of sp³-hybridized carbons (Fsp3) is 1.00. The Morgan fingerprint density at radius 3 is 2.15 bits per heavy atom. The second-order valence-electron chi connectivity index (χ2n) is 4.44. The maximum absolute atomic E-state index is 3.67. The molecule has 1 rings (SSSR count). The molecule has 1 N–H and O–H groups in total. The topological polar surface area (TPSA) is 12.0 Å². The van der Waals surface area contributed by atoms with Crippen LogP contribution in [0, 0.1) is 5.41 Å². The summed E-state index contributed by atoms with van der Waals surface area (Å²) in [5.74, 6) is 0. The van der Waals surface area contributed by atoms with E-state index in [1.165, 1.54) is 38.5 Å². The molecule has 0 aromatic rings. The Morgan fingerprint density at radius 2 is 1.77 bits per heavy atom. The molecule has 0 saturated heterocycles. The molecule has 0 aromatic heterocycles. The highest BCUT2D eigenvalue weighted by molar-refractivity contribution is 4.92. The summed E-state index contributed by atoms with van der Waals surface area (Å²) in [5.41, 5.74) is 0.644. The van der Waals surface area contributed by atoms with Crippen molar-refractivity contribution in [1.82, 2.24) is 5.32 Å². The summed E-state index contributed by atoms with van der Waals surface area (Å²) in [6.45, 7) is 8.04. The van der Waals surface area contributed by atoms with Crippen LogP contribution in [0.4, 0.5) is 0 Å². The first-order valence-electron chi connectivity index (χ1n) is 6.02. The molecule has 1 fully saturated rings. The van der Waals surface area contributed by atoms with Crippen LogP contribution in [0.2, 0.25) is 0 Å². The van der Waals surface area contributed by atoms with Gasteiger partial charge < -0.3 is 5.32 Å². The summed E-state index contributed by atoms with van der Waals surface area (Å²) in [5, 5.41) is 3.67. The van der Waals surface area contributed by atoms with E-state index in [-0.39, 0.29) is 0 Å². The minimum Gasteiger partial charge on any atom is -0.314 e. The molecule has 78 valence electrons. The van der Waals surface area contributed by atoms with Gasteiger partial charge in [-0.3, -0.25) is 0 Å². The van der Waals surface area contributed by atoms with Crippen LogP contribution in [0.25, 0.3) is 0 Å². The maximum Gasteiger partial charge on any atom is 0.0121 e. The van der Waals surface area contributed by atoms with Gasteiger partial charge in [0.05, 0.1) is 0 Å². The van der Waals surface area contributed by atoms with Crippen LogP contribution in [0.15, 0.2) is 0 Å². The molecule has 0 aliphatic heterocycles. The summed E-state index contributed by atoms with van der Waals surface area (Å²) in [6, 6.07) is 0.769. The van der Waals surface area contributed by atoms with Crippen molar-refractivity contribution in [2.75, 3.05) is 6.54 Å². The minimum absolute atomic E-state index is 0.644. The first kappa shape index (κ1) is 11.0. The Morgan fingerprint density at radius 1 is 1.15 bits per heavy atom. The Balaban J connectivity index is 2.60. The van der Waals surface area contributed by atoms with Crippen molar-refractivity contribution in [2.45, 2.75) is 65.3 Å². The van der Waals surface area contributed by atoms with Crippen LogP contribution in [0.3, 0.4) is 0 Å². The fourth-order valence-corrected chi connectivity index (χ4v) is 3.07. The zero-order valence-corrected chi connectivity index (χ0v) is 9.53.